The molecule has 0 aliphatic rings. The van der Waals surface area contributed by atoms with Crippen LogP contribution in [0.3, 0.4) is 0 Å². The molecular weight excluding hydrogens is 261 g/mol. The minimum Gasteiger partial charge on any atom is -0.493 e. The van der Waals surface area contributed by atoms with Crippen molar-refractivity contribution in [2.45, 2.75) is 0 Å². The zero-order valence-electron chi connectivity index (χ0n) is 11.0. The van der Waals surface area contributed by atoms with Crippen LogP contribution in [-0.2, 0) is 0 Å². The SMILES string of the molecule is COc1cc2onc(-c3ccccc3F)c2cc1OC. The van der Waals surface area contributed by atoms with Crippen LogP contribution in [0.25, 0.3) is 22.2 Å². The van der Waals surface area contributed by atoms with Crippen LogP contribution in [0.5, 0.6) is 11.5 Å². The normalized spacial score (nSPS) is 10.8. The largest absolute Gasteiger partial charge is 0.493 e. The highest BCUT2D eigenvalue weighted by Gasteiger charge is 2.17. The second-order valence-electron chi connectivity index (χ2n) is 4.21. The summed E-state index contributed by atoms with van der Waals surface area (Å²) in [6, 6.07) is 9.82. The first-order valence-electron chi connectivity index (χ1n) is 6.01. The van der Waals surface area contributed by atoms with Crippen LogP contribution in [0, 0.1) is 5.82 Å². The molecule has 0 N–H and O–H groups in total. The van der Waals surface area contributed by atoms with Crippen molar-refractivity contribution in [3.63, 3.8) is 0 Å². The lowest BCUT2D eigenvalue weighted by Gasteiger charge is -2.06. The fraction of sp³-hybridized carbons (Fsp3) is 0.133. The summed E-state index contributed by atoms with van der Waals surface area (Å²) >= 11 is 0. The van der Waals surface area contributed by atoms with Crippen molar-refractivity contribution >= 4 is 11.0 Å². The van der Waals surface area contributed by atoms with Crippen molar-refractivity contribution in [1.29, 1.82) is 0 Å². The molecule has 5 heteroatoms. The molecule has 4 nitrogen and oxygen atoms in total. The number of hydrogen-bond acceptors (Lipinski definition) is 4. The lowest BCUT2D eigenvalue weighted by molar-refractivity contribution is 0.354. The van der Waals surface area contributed by atoms with Crippen molar-refractivity contribution < 1.29 is 18.4 Å². The molecule has 0 spiro atoms. The highest BCUT2D eigenvalue weighted by atomic mass is 19.1. The number of fused-ring (bicyclic) bond motifs is 1. The van der Waals surface area contributed by atoms with E-state index in [9.17, 15) is 4.39 Å². The zero-order valence-corrected chi connectivity index (χ0v) is 11.0. The molecule has 0 atom stereocenters. The van der Waals surface area contributed by atoms with E-state index in [0.29, 0.717) is 33.7 Å². The Hall–Kier alpha value is -2.56. The van der Waals surface area contributed by atoms with Crippen molar-refractivity contribution in [3.05, 3.63) is 42.2 Å². The van der Waals surface area contributed by atoms with E-state index in [4.69, 9.17) is 14.0 Å². The van der Waals surface area contributed by atoms with E-state index in [1.54, 1.807) is 37.4 Å². The van der Waals surface area contributed by atoms with E-state index in [1.807, 2.05) is 0 Å². The van der Waals surface area contributed by atoms with E-state index in [2.05, 4.69) is 5.16 Å². The van der Waals surface area contributed by atoms with Gasteiger partial charge in [-0.15, -0.1) is 0 Å². The second kappa shape index (κ2) is 4.85. The number of halogens is 1. The van der Waals surface area contributed by atoms with Crippen LogP contribution in [0.4, 0.5) is 4.39 Å². The van der Waals surface area contributed by atoms with Gasteiger partial charge in [-0.3, -0.25) is 0 Å². The minimum absolute atomic E-state index is 0.350. The molecule has 3 aromatic rings. The topological polar surface area (TPSA) is 44.5 Å². The van der Waals surface area contributed by atoms with Gasteiger partial charge in [-0.2, -0.15) is 0 Å². The van der Waals surface area contributed by atoms with Gasteiger partial charge in [0, 0.05) is 11.6 Å². The summed E-state index contributed by atoms with van der Waals surface area (Å²) in [4.78, 5) is 0. The van der Waals surface area contributed by atoms with E-state index in [0.717, 1.165) is 0 Å². The smallest absolute Gasteiger partial charge is 0.171 e. The number of aromatic nitrogens is 1. The van der Waals surface area contributed by atoms with Crippen molar-refractivity contribution in [3.8, 4) is 22.8 Å². The van der Waals surface area contributed by atoms with Crippen LogP contribution < -0.4 is 9.47 Å². The number of rotatable bonds is 3. The third kappa shape index (κ3) is 1.87. The van der Waals surface area contributed by atoms with Gasteiger partial charge in [-0.05, 0) is 18.2 Å². The first-order chi connectivity index (χ1) is 9.74. The minimum atomic E-state index is -0.350. The molecule has 1 heterocycles. The van der Waals surface area contributed by atoms with Gasteiger partial charge in [0.15, 0.2) is 17.1 Å². The van der Waals surface area contributed by atoms with E-state index >= 15 is 0 Å². The number of methoxy groups -OCH3 is 2. The fourth-order valence-electron chi connectivity index (χ4n) is 2.11. The quantitative estimate of drug-likeness (QED) is 0.730. The first-order valence-corrected chi connectivity index (χ1v) is 6.01. The number of nitrogens with zero attached hydrogens (tertiary/aromatic N) is 1. The maximum Gasteiger partial charge on any atom is 0.171 e. The summed E-state index contributed by atoms with van der Waals surface area (Å²) in [5.74, 6) is 0.731. The van der Waals surface area contributed by atoms with Gasteiger partial charge in [-0.1, -0.05) is 17.3 Å². The molecule has 1 aromatic heterocycles. The zero-order chi connectivity index (χ0) is 14.1. The summed E-state index contributed by atoms with van der Waals surface area (Å²) in [6.45, 7) is 0. The molecule has 0 saturated heterocycles. The number of hydrogen-bond donors (Lipinski definition) is 0. The van der Waals surface area contributed by atoms with Crippen LogP contribution >= 0.6 is 0 Å². The average molecular weight is 273 g/mol. The number of ether oxygens (including phenoxy) is 2. The van der Waals surface area contributed by atoms with Crippen LogP contribution in [-0.4, -0.2) is 19.4 Å². The lowest BCUT2D eigenvalue weighted by atomic mass is 10.1. The molecule has 0 radical (unpaired) electrons. The molecule has 0 aliphatic carbocycles. The molecule has 20 heavy (non-hydrogen) atoms. The predicted molar refractivity (Wildman–Crippen MR) is 72.5 cm³/mol. The average Bonchev–Trinajstić information content (AvgIpc) is 2.89. The van der Waals surface area contributed by atoms with Crippen molar-refractivity contribution in [2.75, 3.05) is 14.2 Å². The summed E-state index contributed by atoms with van der Waals surface area (Å²) in [7, 11) is 3.08. The molecule has 2 aromatic carbocycles. The lowest BCUT2D eigenvalue weighted by Crippen LogP contribution is -1.90. The molecule has 0 bridgehead atoms. The molecular formula is C15H12FNO3. The predicted octanol–water partition coefficient (Wildman–Crippen LogP) is 3.65. The Kier molecular flexibility index (Phi) is 3.02. The van der Waals surface area contributed by atoms with E-state index in [1.165, 1.54) is 13.2 Å². The van der Waals surface area contributed by atoms with Crippen molar-refractivity contribution in [2.24, 2.45) is 0 Å². The third-order valence-corrected chi connectivity index (χ3v) is 3.11. The molecule has 0 aliphatic heterocycles. The van der Waals surface area contributed by atoms with Gasteiger partial charge < -0.3 is 14.0 Å². The Morgan fingerprint density at radius 1 is 1.05 bits per heavy atom. The molecule has 0 fully saturated rings. The highest BCUT2D eigenvalue weighted by Crippen LogP contribution is 2.37. The highest BCUT2D eigenvalue weighted by molar-refractivity contribution is 5.93. The molecule has 0 amide bonds. The van der Waals surface area contributed by atoms with Crippen LogP contribution in [0.2, 0.25) is 0 Å². The van der Waals surface area contributed by atoms with Crippen LogP contribution in [0.1, 0.15) is 0 Å². The summed E-state index contributed by atoms with van der Waals surface area (Å²) in [5, 5.41) is 4.62. The van der Waals surface area contributed by atoms with Gasteiger partial charge in [0.1, 0.15) is 11.5 Å². The van der Waals surface area contributed by atoms with Gasteiger partial charge in [-0.25, -0.2) is 4.39 Å². The molecule has 0 unspecified atom stereocenters. The Morgan fingerprint density at radius 3 is 2.45 bits per heavy atom. The fourth-order valence-corrected chi connectivity index (χ4v) is 2.11. The van der Waals surface area contributed by atoms with Crippen LogP contribution in [0.15, 0.2) is 40.9 Å². The maximum absolute atomic E-state index is 13.9. The Bertz CT molecular complexity index is 767. The molecule has 102 valence electrons. The van der Waals surface area contributed by atoms with Gasteiger partial charge in [0.05, 0.1) is 19.6 Å². The molecule has 3 rings (SSSR count). The van der Waals surface area contributed by atoms with Gasteiger partial charge >= 0.3 is 0 Å². The summed E-state index contributed by atoms with van der Waals surface area (Å²) in [5.41, 5.74) is 1.35. The number of benzene rings is 2. The third-order valence-electron chi connectivity index (χ3n) is 3.11. The van der Waals surface area contributed by atoms with E-state index in [-0.39, 0.29) is 5.82 Å². The standard InChI is InChI=1S/C15H12FNO3/c1-18-13-7-10-12(8-14(13)19-2)20-17-15(10)9-5-3-4-6-11(9)16/h3-8H,1-2H3. The van der Waals surface area contributed by atoms with Gasteiger partial charge in [0.25, 0.3) is 0 Å². The Labute approximate surface area is 114 Å². The maximum atomic E-state index is 13.9. The summed E-state index contributed by atoms with van der Waals surface area (Å²) < 4.78 is 29.6. The first kappa shape index (κ1) is 12.5. The monoisotopic (exact) mass is 273 g/mol. The Balaban J connectivity index is 2.26. The van der Waals surface area contributed by atoms with E-state index < -0.39 is 0 Å². The van der Waals surface area contributed by atoms with Gasteiger partial charge in [0.2, 0.25) is 0 Å². The molecule has 0 saturated carbocycles. The van der Waals surface area contributed by atoms with Crippen molar-refractivity contribution in [1.82, 2.24) is 5.16 Å². The second-order valence-corrected chi connectivity index (χ2v) is 4.21. The Morgan fingerprint density at radius 2 is 1.75 bits per heavy atom. The summed E-state index contributed by atoms with van der Waals surface area (Å²) in [6.07, 6.45) is 0.